The van der Waals surface area contributed by atoms with Crippen molar-refractivity contribution >= 4 is 34.2 Å². The second kappa shape index (κ2) is 8.41. The maximum atomic E-state index is 12.0. The van der Waals surface area contributed by atoms with Crippen molar-refractivity contribution in [3.63, 3.8) is 0 Å². The minimum atomic E-state index is -0.187. The maximum absolute atomic E-state index is 12.0. The number of aromatic amines is 1. The molecule has 4 rings (SSSR count). The molecule has 0 saturated carbocycles. The molecule has 1 fully saturated rings. The lowest BCUT2D eigenvalue weighted by Gasteiger charge is -2.36. The van der Waals surface area contributed by atoms with Crippen molar-refractivity contribution < 1.29 is 4.79 Å². The Kier molecular flexibility index (Phi) is 5.69. The van der Waals surface area contributed by atoms with Gasteiger partial charge in [-0.2, -0.15) is 0 Å². The summed E-state index contributed by atoms with van der Waals surface area (Å²) in [6.07, 6.45) is 3.56. The molecule has 2 N–H and O–H groups in total. The monoisotopic (exact) mass is 426 g/mol. The number of hydrogen-bond donors (Lipinski definition) is 2. The number of rotatable bonds is 4. The Labute approximate surface area is 178 Å². The molecule has 156 valence electrons. The van der Waals surface area contributed by atoms with E-state index in [1.807, 2.05) is 18.3 Å². The molecule has 0 spiro atoms. The van der Waals surface area contributed by atoms with Crippen LogP contribution in [-0.4, -0.2) is 59.0 Å². The molecule has 0 atom stereocenters. The lowest BCUT2D eigenvalue weighted by atomic mass is 10.2. The zero-order valence-corrected chi connectivity index (χ0v) is 17.7. The lowest BCUT2D eigenvalue weighted by molar-refractivity contribution is 0.0958. The number of halogens is 1. The Morgan fingerprint density at radius 3 is 2.63 bits per heavy atom. The van der Waals surface area contributed by atoms with Gasteiger partial charge in [0.2, 0.25) is 0 Å². The fourth-order valence-corrected chi connectivity index (χ4v) is 3.85. The molecule has 1 saturated heterocycles. The summed E-state index contributed by atoms with van der Waals surface area (Å²) < 4.78 is 0. The van der Waals surface area contributed by atoms with Gasteiger partial charge in [0.25, 0.3) is 11.5 Å². The number of carbonyl (C=O) groups is 1. The van der Waals surface area contributed by atoms with Gasteiger partial charge in [0.05, 0.1) is 22.4 Å². The number of pyridine rings is 3. The number of piperazine rings is 1. The molecule has 1 aliphatic heterocycles. The molecule has 30 heavy (non-hydrogen) atoms. The van der Waals surface area contributed by atoms with E-state index < -0.39 is 0 Å². The third-order valence-corrected chi connectivity index (χ3v) is 5.88. The normalized spacial score (nSPS) is 14.8. The van der Waals surface area contributed by atoms with Crippen molar-refractivity contribution in [2.75, 3.05) is 38.1 Å². The first-order valence-electron chi connectivity index (χ1n) is 9.78. The smallest absolute Gasteiger partial charge is 0.269 e. The van der Waals surface area contributed by atoms with Crippen LogP contribution in [0.1, 0.15) is 21.6 Å². The van der Waals surface area contributed by atoms with Crippen molar-refractivity contribution in [1.29, 1.82) is 0 Å². The molecule has 0 aliphatic carbocycles. The van der Waals surface area contributed by atoms with Crippen molar-refractivity contribution in [1.82, 2.24) is 25.2 Å². The van der Waals surface area contributed by atoms with Crippen molar-refractivity contribution in [2.45, 2.75) is 13.5 Å². The first-order chi connectivity index (χ1) is 14.5. The summed E-state index contributed by atoms with van der Waals surface area (Å²) in [7, 11) is 1.59. The number of aromatic nitrogens is 3. The van der Waals surface area contributed by atoms with Crippen LogP contribution < -0.4 is 15.8 Å². The van der Waals surface area contributed by atoms with Crippen LogP contribution in [0.2, 0.25) is 5.02 Å². The van der Waals surface area contributed by atoms with E-state index in [4.69, 9.17) is 11.6 Å². The van der Waals surface area contributed by atoms with Gasteiger partial charge in [-0.1, -0.05) is 11.6 Å². The molecular formula is C21H23ClN6O2. The van der Waals surface area contributed by atoms with Crippen LogP contribution in [-0.2, 0) is 6.54 Å². The zero-order chi connectivity index (χ0) is 21.3. The van der Waals surface area contributed by atoms with Crippen LogP contribution in [0.4, 0.5) is 5.69 Å². The number of nitrogens with zero attached hydrogens (tertiary/aromatic N) is 4. The van der Waals surface area contributed by atoms with E-state index in [1.165, 1.54) is 0 Å². The van der Waals surface area contributed by atoms with Gasteiger partial charge in [-0.05, 0) is 30.7 Å². The van der Waals surface area contributed by atoms with E-state index >= 15 is 0 Å². The number of carbonyl (C=O) groups excluding carboxylic acids is 1. The summed E-state index contributed by atoms with van der Waals surface area (Å²) in [4.78, 5) is 39.8. The molecular weight excluding hydrogens is 404 g/mol. The fraction of sp³-hybridized carbons (Fsp3) is 0.333. The van der Waals surface area contributed by atoms with Crippen LogP contribution in [0.5, 0.6) is 0 Å². The SMILES string of the molecule is CNC(=O)c1ccc(N2CCN(Cc3cnc4c(Cl)c(C)c(=O)[nH]c4c3)CC2)cn1. The van der Waals surface area contributed by atoms with Crippen molar-refractivity contribution in [3.8, 4) is 0 Å². The standard InChI is InChI=1S/C21H23ClN6O2/c1-13-18(22)19-17(26-20(13)29)9-14(10-25-19)12-27-5-7-28(8-6-27)15-3-4-16(24-11-15)21(30)23-2/h3-4,9-11H,5-8,12H2,1-2H3,(H,23,30)(H,26,29). The second-order valence-electron chi connectivity index (χ2n) is 7.38. The third kappa shape index (κ3) is 4.01. The van der Waals surface area contributed by atoms with Gasteiger partial charge in [0.15, 0.2) is 0 Å². The molecule has 0 bridgehead atoms. The lowest BCUT2D eigenvalue weighted by Crippen LogP contribution is -2.46. The fourth-order valence-electron chi connectivity index (χ4n) is 3.62. The molecule has 9 heteroatoms. The number of H-pyrrole nitrogens is 1. The van der Waals surface area contributed by atoms with Gasteiger partial charge in [0, 0.05) is 51.5 Å². The largest absolute Gasteiger partial charge is 0.368 e. The molecule has 4 heterocycles. The highest BCUT2D eigenvalue weighted by Crippen LogP contribution is 2.22. The number of fused-ring (bicyclic) bond motifs is 1. The van der Waals surface area contributed by atoms with Crippen LogP contribution in [0.15, 0.2) is 35.4 Å². The second-order valence-corrected chi connectivity index (χ2v) is 7.75. The van der Waals surface area contributed by atoms with E-state index in [9.17, 15) is 9.59 Å². The summed E-state index contributed by atoms with van der Waals surface area (Å²) in [5.41, 5.74) is 4.04. The van der Waals surface area contributed by atoms with Gasteiger partial charge >= 0.3 is 0 Å². The molecule has 8 nitrogen and oxygen atoms in total. The van der Waals surface area contributed by atoms with Crippen LogP contribution in [0, 0.1) is 6.92 Å². The number of amides is 1. The quantitative estimate of drug-likeness (QED) is 0.662. The number of nitrogens with one attached hydrogen (secondary N) is 2. The first-order valence-corrected chi connectivity index (χ1v) is 10.2. The van der Waals surface area contributed by atoms with Gasteiger partial charge in [0.1, 0.15) is 11.2 Å². The number of anilines is 1. The van der Waals surface area contributed by atoms with Crippen molar-refractivity contribution in [3.05, 3.63) is 62.8 Å². The molecule has 0 radical (unpaired) electrons. The van der Waals surface area contributed by atoms with Gasteiger partial charge in [-0.15, -0.1) is 0 Å². The Hall–Kier alpha value is -2.97. The Morgan fingerprint density at radius 1 is 1.20 bits per heavy atom. The Morgan fingerprint density at radius 2 is 1.97 bits per heavy atom. The summed E-state index contributed by atoms with van der Waals surface area (Å²) >= 11 is 6.26. The van der Waals surface area contributed by atoms with E-state index in [2.05, 4.69) is 30.1 Å². The van der Waals surface area contributed by atoms with E-state index in [0.717, 1.165) is 44.0 Å². The summed E-state index contributed by atoms with van der Waals surface area (Å²) in [5.74, 6) is -0.187. The van der Waals surface area contributed by atoms with Gasteiger partial charge < -0.3 is 15.2 Å². The molecule has 3 aromatic rings. The highest BCUT2D eigenvalue weighted by Gasteiger charge is 2.19. The van der Waals surface area contributed by atoms with E-state index in [0.29, 0.717) is 27.3 Å². The van der Waals surface area contributed by atoms with Crippen molar-refractivity contribution in [2.24, 2.45) is 0 Å². The topological polar surface area (TPSA) is 94.2 Å². The van der Waals surface area contributed by atoms with E-state index in [1.54, 1.807) is 26.2 Å². The average Bonchev–Trinajstić information content (AvgIpc) is 2.77. The predicted octanol–water partition coefficient (Wildman–Crippen LogP) is 1.96. The molecule has 0 aromatic carbocycles. The molecule has 0 unspecified atom stereocenters. The molecule has 1 aliphatic rings. The van der Waals surface area contributed by atoms with Gasteiger partial charge in [-0.25, -0.2) is 4.98 Å². The van der Waals surface area contributed by atoms with Crippen LogP contribution >= 0.6 is 11.6 Å². The maximum Gasteiger partial charge on any atom is 0.269 e. The van der Waals surface area contributed by atoms with Crippen LogP contribution in [0.3, 0.4) is 0 Å². The zero-order valence-electron chi connectivity index (χ0n) is 16.9. The highest BCUT2D eigenvalue weighted by atomic mass is 35.5. The first kappa shape index (κ1) is 20.3. The third-order valence-electron chi connectivity index (χ3n) is 5.42. The minimum Gasteiger partial charge on any atom is -0.368 e. The molecule has 3 aromatic heterocycles. The van der Waals surface area contributed by atoms with Gasteiger partial charge in [-0.3, -0.25) is 19.5 Å². The van der Waals surface area contributed by atoms with E-state index in [-0.39, 0.29) is 11.5 Å². The highest BCUT2D eigenvalue weighted by molar-refractivity contribution is 6.35. The molecule has 1 amide bonds. The number of hydrogen-bond acceptors (Lipinski definition) is 6. The summed E-state index contributed by atoms with van der Waals surface area (Å²) in [6, 6.07) is 5.63. The Balaban J connectivity index is 1.40. The minimum absolute atomic E-state index is 0.184. The Bertz CT molecular complexity index is 1140. The van der Waals surface area contributed by atoms with Crippen LogP contribution in [0.25, 0.3) is 11.0 Å². The summed E-state index contributed by atoms with van der Waals surface area (Å²) in [5, 5.41) is 2.98. The predicted molar refractivity (Wildman–Crippen MR) is 117 cm³/mol. The average molecular weight is 427 g/mol. The summed E-state index contributed by atoms with van der Waals surface area (Å²) in [6.45, 7) is 5.95.